The van der Waals surface area contributed by atoms with Crippen LogP contribution in [0.4, 0.5) is 5.69 Å². The lowest BCUT2D eigenvalue weighted by Crippen LogP contribution is -2.31. The Bertz CT molecular complexity index is 1760. The number of sulfone groups is 1. The van der Waals surface area contributed by atoms with Gasteiger partial charge in [-0.2, -0.15) is 5.21 Å². The molecule has 240 valence electrons. The highest BCUT2D eigenvalue weighted by Gasteiger charge is 2.31. The Morgan fingerprint density at radius 2 is 1.57 bits per heavy atom. The molecule has 2 saturated carbocycles. The van der Waals surface area contributed by atoms with Crippen LogP contribution in [0.5, 0.6) is 0 Å². The number of nitrogens with one attached hydrogen (secondary N) is 2. The van der Waals surface area contributed by atoms with E-state index in [1.54, 1.807) is 42.5 Å². The number of tetrazole rings is 1. The molecule has 11 heteroatoms. The molecule has 2 aliphatic carbocycles. The number of ketones is 1. The number of aromatic nitrogens is 4. The van der Waals surface area contributed by atoms with Crippen molar-refractivity contribution < 1.29 is 18.0 Å². The lowest BCUT2D eigenvalue weighted by Gasteiger charge is -2.27. The molecule has 1 aromatic heterocycles. The number of nitrogens with two attached hydrogens (primary N) is 1. The van der Waals surface area contributed by atoms with Crippen molar-refractivity contribution in [1.82, 2.24) is 20.6 Å². The number of rotatable bonds is 13. The Morgan fingerprint density at radius 3 is 2.24 bits per heavy atom. The highest BCUT2D eigenvalue weighted by atomic mass is 32.2. The van der Waals surface area contributed by atoms with Crippen LogP contribution in [0.3, 0.4) is 0 Å². The van der Waals surface area contributed by atoms with E-state index in [-0.39, 0.29) is 35.7 Å². The number of Topliss-reactive ketones (excluding diaryl/α,β-unsaturated/α-hetero) is 1. The molecule has 46 heavy (non-hydrogen) atoms. The van der Waals surface area contributed by atoms with E-state index < -0.39 is 15.8 Å². The van der Waals surface area contributed by atoms with Gasteiger partial charge in [-0.3, -0.25) is 9.59 Å². The molecule has 0 aliphatic heterocycles. The zero-order valence-electron chi connectivity index (χ0n) is 25.8. The minimum absolute atomic E-state index is 0.0565. The average Bonchev–Trinajstić information content (AvgIpc) is 3.71. The molecule has 6 rings (SSSR count). The summed E-state index contributed by atoms with van der Waals surface area (Å²) >= 11 is 0. The summed E-state index contributed by atoms with van der Waals surface area (Å²) in [5.41, 5.74) is 9.80. The van der Waals surface area contributed by atoms with E-state index in [9.17, 15) is 18.0 Å². The molecular weight excluding hydrogens is 600 g/mol. The van der Waals surface area contributed by atoms with Crippen LogP contribution in [0.15, 0.2) is 77.7 Å². The second-order valence-electron chi connectivity index (χ2n) is 12.8. The zero-order valence-corrected chi connectivity index (χ0v) is 26.6. The van der Waals surface area contributed by atoms with E-state index in [2.05, 4.69) is 25.9 Å². The van der Waals surface area contributed by atoms with E-state index in [0.29, 0.717) is 35.3 Å². The van der Waals surface area contributed by atoms with Crippen LogP contribution in [-0.4, -0.2) is 53.0 Å². The number of carbonyl (C=O) groups excluding carboxylic acids is 2. The summed E-state index contributed by atoms with van der Waals surface area (Å²) in [6.07, 6.45) is 5.94. The topological polar surface area (TPSA) is 161 Å². The second-order valence-corrected chi connectivity index (χ2v) is 14.8. The summed E-state index contributed by atoms with van der Waals surface area (Å²) in [6, 6.07) is 22.0. The Kier molecular flexibility index (Phi) is 9.70. The molecule has 1 amide bonds. The highest BCUT2D eigenvalue weighted by molar-refractivity contribution is 7.91. The second kappa shape index (κ2) is 14.0. The molecule has 4 N–H and O–H groups in total. The van der Waals surface area contributed by atoms with Gasteiger partial charge in [0.15, 0.2) is 9.84 Å². The van der Waals surface area contributed by atoms with Crippen molar-refractivity contribution in [2.24, 2.45) is 29.4 Å². The first-order valence-corrected chi connectivity index (χ1v) is 17.7. The number of H-pyrrole nitrogens is 1. The summed E-state index contributed by atoms with van der Waals surface area (Å²) in [4.78, 5) is 27.6. The number of benzene rings is 3. The number of hydrogen-bond donors (Lipinski definition) is 3. The van der Waals surface area contributed by atoms with E-state index >= 15 is 0 Å². The largest absolute Gasteiger partial charge is 0.330 e. The molecule has 0 spiro atoms. The maximum absolute atomic E-state index is 13.8. The molecule has 1 atom stereocenters. The van der Waals surface area contributed by atoms with Gasteiger partial charge in [-0.15, -0.1) is 10.2 Å². The number of carbonyl (C=O) groups is 2. The van der Waals surface area contributed by atoms with Crippen LogP contribution in [0.25, 0.3) is 22.5 Å². The maximum Gasteiger partial charge on any atom is 0.228 e. The van der Waals surface area contributed by atoms with Gasteiger partial charge in [0.1, 0.15) is 5.78 Å². The first kappa shape index (κ1) is 31.7. The van der Waals surface area contributed by atoms with E-state index in [0.717, 1.165) is 60.8 Å². The van der Waals surface area contributed by atoms with Gasteiger partial charge in [0.05, 0.1) is 10.6 Å². The van der Waals surface area contributed by atoms with Crippen LogP contribution in [0.2, 0.25) is 0 Å². The fourth-order valence-corrected chi connectivity index (χ4v) is 8.08. The van der Waals surface area contributed by atoms with E-state index in [1.165, 1.54) is 0 Å². The van der Waals surface area contributed by atoms with Crippen molar-refractivity contribution in [3.8, 4) is 22.5 Å². The zero-order chi connectivity index (χ0) is 32.1. The van der Waals surface area contributed by atoms with Crippen LogP contribution >= 0.6 is 0 Å². The number of hydrogen-bond acceptors (Lipinski definition) is 8. The Morgan fingerprint density at radius 1 is 0.870 bits per heavy atom. The Labute approximate surface area is 269 Å². The Balaban J connectivity index is 1.20. The van der Waals surface area contributed by atoms with Gasteiger partial charge in [0.2, 0.25) is 11.7 Å². The van der Waals surface area contributed by atoms with Crippen LogP contribution in [0, 0.1) is 23.7 Å². The molecule has 0 radical (unpaired) electrons. The fraction of sp³-hybridized carbons (Fsp3) is 0.400. The quantitative estimate of drug-likeness (QED) is 0.179. The molecule has 0 bridgehead atoms. The van der Waals surface area contributed by atoms with Crippen molar-refractivity contribution in [3.63, 3.8) is 0 Å². The van der Waals surface area contributed by atoms with Gasteiger partial charge >= 0.3 is 0 Å². The van der Waals surface area contributed by atoms with Crippen LogP contribution in [0.1, 0.15) is 50.5 Å². The molecule has 3 aromatic carbocycles. The predicted octanol–water partition coefficient (Wildman–Crippen LogP) is 5.24. The summed E-state index contributed by atoms with van der Waals surface area (Å²) in [5, 5.41) is 17.0. The molecule has 2 aliphatic rings. The third-order valence-electron chi connectivity index (χ3n) is 9.30. The number of nitrogens with zero attached hydrogens (tertiary/aromatic N) is 3. The van der Waals surface area contributed by atoms with Crippen LogP contribution in [-0.2, 0) is 25.8 Å². The minimum Gasteiger partial charge on any atom is -0.330 e. The smallest absolute Gasteiger partial charge is 0.228 e. The summed E-state index contributed by atoms with van der Waals surface area (Å²) < 4.78 is 25.9. The van der Waals surface area contributed by atoms with E-state index in [4.69, 9.17) is 5.73 Å². The number of amides is 1. The predicted molar refractivity (Wildman–Crippen MR) is 176 cm³/mol. The summed E-state index contributed by atoms with van der Waals surface area (Å²) in [7, 11) is -3.35. The molecule has 2 fully saturated rings. The van der Waals surface area contributed by atoms with Gasteiger partial charge in [-0.25, -0.2) is 8.42 Å². The van der Waals surface area contributed by atoms with Crippen molar-refractivity contribution in [2.45, 2.75) is 56.3 Å². The standard InChI is InChI=1S/C35H40N6O4S/c36-21-23-9-11-26(12-10-23)33(42)20-30(35(43)37-31-15-13-27(14-16-31)34-38-40-41-39-34)18-25-3-1-4-28(17-25)29-5-2-6-32(19-29)46(44,45)22-24-7-8-24/h1-6,13-17,19,23-24,26,30H,7-12,18,20-22,36H2,(H,37,43)(H,38,39,40,41)/t23?,26?,30-/m1/s1. The van der Waals surface area contributed by atoms with Crippen molar-refractivity contribution >= 4 is 27.2 Å². The van der Waals surface area contributed by atoms with Crippen molar-refractivity contribution in [3.05, 3.63) is 78.4 Å². The molecule has 0 unspecified atom stereocenters. The third-order valence-corrected chi connectivity index (χ3v) is 11.2. The molecule has 4 aromatic rings. The normalized spacial score (nSPS) is 19.0. The van der Waals surface area contributed by atoms with Gasteiger partial charge in [0, 0.05) is 29.5 Å². The lowest BCUT2D eigenvalue weighted by atomic mass is 9.77. The molecule has 0 saturated heterocycles. The van der Waals surface area contributed by atoms with Gasteiger partial charge in [0.25, 0.3) is 0 Å². The summed E-state index contributed by atoms with van der Waals surface area (Å²) in [5.74, 6) is 0.621. The Hall–Kier alpha value is -4.22. The van der Waals surface area contributed by atoms with Crippen molar-refractivity contribution in [2.75, 3.05) is 17.6 Å². The SMILES string of the molecule is NCC1CCC(C(=O)C[C@@H](Cc2cccc(-c3cccc(S(=O)(=O)CC4CC4)c3)c2)C(=O)Nc2ccc(-c3nn[nH]n3)cc2)CC1. The highest BCUT2D eigenvalue weighted by Crippen LogP contribution is 2.34. The average molecular weight is 641 g/mol. The molecular formula is C35H40N6O4S. The number of aromatic amines is 1. The van der Waals surface area contributed by atoms with Crippen LogP contribution < -0.4 is 11.1 Å². The molecule has 1 heterocycles. The molecule has 10 nitrogen and oxygen atoms in total. The minimum atomic E-state index is -3.35. The van der Waals surface area contributed by atoms with Gasteiger partial charge < -0.3 is 11.1 Å². The number of anilines is 1. The van der Waals surface area contributed by atoms with Gasteiger partial charge in [-0.05, 0) is 122 Å². The first-order valence-electron chi connectivity index (χ1n) is 16.1. The summed E-state index contributed by atoms with van der Waals surface area (Å²) in [6.45, 7) is 0.642. The fourth-order valence-electron chi connectivity index (χ4n) is 6.34. The van der Waals surface area contributed by atoms with Gasteiger partial charge in [-0.1, -0.05) is 36.4 Å². The third kappa shape index (κ3) is 7.94. The lowest BCUT2D eigenvalue weighted by molar-refractivity contribution is -0.129. The van der Waals surface area contributed by atoms with E-state index in [1.807, 2.05) is 30.3 Å². The monoisotopic (exact) mass is 640 g/mol. The maximum atomic E-state index is 13.8. The first-order chi connectivity index (χ1) is 22.3. The van der Waals surface area contributed by atoms with Crippen molar-refractivity contribution in [1.29, 1.82) is 0 Å².